The van der Waals surface area contributed by atoms with Gasteiger partial charge in [-0.1, -0.05) is 0 Å². The van der Waals surface area contributed by atoms with Crippen molar-refractivity contribution in [2.45, 2.75) is 13.3 Å². The SMILES string of the molecule is COc1cc(C)c(Nc2nnc(C(F)F)c(=O)[nH]2)cc1OC. The second kappa shape index (κ2) is 6.37. The highest BCUT2D eigenvalue weighted by molar-refractivity contribution is 5.64. The van der Waals surface area contributed by atoms with Crippen LogP contribution in [0.25, 0.3) is 0 Å². The molecule has 0 aliphatic carbocycles. The first-order chi connectivity index (χ1) is 10.5. The molecule has 0 radical (unpaired) electrons. The molecule has 2 N–H and O–H groups in total. The van der Waals surface area contributed by atoms with Crippen LogP contribution in [0.4, 0.5) is 20.4 Å². The molecular formula is C13H14F2N4O3. The van der Waals surface area contributed by atoms with Gasteiger partial charge in [-0.05, 0) is 18.6 Å². The van der Waals surface area contributed by atoms with Gasteiger partial charge in [0.05, 0.1) is 14.2 Å². The van der Waals surface area contributed by atoms with Crippen molar-refractivity contribution >= 4 is 11.6 Å². The first-order valence-electron chi connectivity index (χ1n) is 6.21. The molecule has 0 fully saturated rings. The predicted octanol–water partition coefficient (Wildman–Crippen LogP) is 2.17. The van der Waals surface area contributed by atoms with E-state index in [9.17, 15) is 13.6 Å². The third-order valence-electron chi connectivity index (χ3n) is 2.91. The maximum absolute atomic E-state index is 12.5. The van der Waals surface area contributed by atoms with Crippen molar-refractivity contribution in [3.8, 4) is 11.5 Å². The summed E-state index contributed by atoms with van der Waals surface area (Å²) < 4.78 is 35.3. The molecule has 1 heterocycles. The Balaban J connectivity index is 2.35. The molecule has 2 aromatic rings. The zero-order valence-corrected chi connectivity index (χ0v) is 12.1. The Hall–Kier alpha value is -2.71. The summed E-state index contributed by atoms with van der Waals surface area (Å²) in [6, 6.07) is 3.36. The number of benzene rings is 1. The molecule has 0 atom stereocenters. The molecule has 1 aromatic heterocycles. The van der Waals surface area contributed by atoms with Gasteiger partial charge in [-0.25, -0.2) is 8.78 Å². The van der Waals surface area contributed by atoms with E-state index in [1.54, 1.807) is 19.1 Å². The average molecular weight is 312 g/mol. The van der Waals surface area contributed by atoms with Crippen molar-refractivity contribution in [2.75, 3.05) is 19.5 Å². The van der Waals surface area contributed by atoms with Gasteiger partial charge >= 0.3 is 0 Å². The number of nitrogens with zero attached hydrogens (tertiary/aromatic N) is 2. The number of rotatable bonds is 5. The Bertz CT molecular complexity index is 734. The number of methoxy groups -OCH3 is 2. The zero-order chi connectivity index (χ0) is 16.3. The van der Waals surface area contributed by atoms with E-state index in [1.807, 2.05) is 0 Å². The molecule has 0 saturated heterocycles. The number of hydrogen-bond acceptors (Lipinski definition) is 6. The van der Waals surface area contributed by atoms with Crippen LogP contribution in [0.3, 0.4) is 0 Å². The number of H-pyrrole nitrogens is 1. The Kier molecular flexibility index (Phi) is 4.54. The molecule has 118 valence electrons. The maximum atomic E-state index is 12.5. The standard InChI is InChI=1S/C13H14F2N4O3/c1-6-4-8(21-2)9(22-3)5-7(6)16-13-17-12(20)10(11(14)15)18-19-13/h4-5,11H,1-3H3,(H2,16,17,19,20). The van der Waals surface area contributed by atoms with Crippen molar-refractivity contribution in [3.05, 3.63) is 33.7 Å². The van der Waals surface area contributed by atoms with E-state index in [4.69, 9.17) is 9.47 Å². The highest BCUT2D eigenvalue weighted by atomic mass is 19.3. The number of hydrogen-bond donors (Lipinski definition) is 2. The molecule has 0 bridgehead atoms. The van der Waals surface area contributed by atoms with Crippen LogP contribution < -0.4 is 20.3 Å². The summed E-state index contributed by atoms with van der Waals surface area (Å²) in [5.41, 5.74) is -0.578. The number of aromatic nitrogens is 3. The van der Waals surface area contributed by atoms with Crippen molar-refractivity contribution < 1.29 is 18.3 Å². The van der Waals surface area contributed by atoms with E-state index in [0.717, 1.165) is 5.56 Å². The molecule has 0 spiro atoms. The van der Waals surface area contributed by atoms with E-state index in [0.29, 0.717) is 17.2 Å². The fourth-order valence-corrected chi connectivity index (χ4v) is 1.79. The second-order valence-electron chi connectivity index (χ2n) is 4.34. The van der Waals surface area contributed by atoms with Gasteiger partial charge in [0, 0.05) is 11.8 Å². The third-order valence-corrected chi connectivity index (χ3v) is 2.91. The molecule has 1 aromatic carbocycles. The number of aromatic amines is 1. The molecular weight excluding hydrogens is 298 g/mol. The van der Waals surface area contributed by atoms with Crippen molar-refractivity contribution in [3.63, 3.8) is 0 Å². The highest BCUT2D eigenvalue weighted by Gasteiger charge is 2.16. The summed E-state index contributed by atoms with van der Waals surface area (Å²) in [4.78, 5) is 13.7. The van der Waals surface area contributed by atoms with Gasteiger partial charge < -0.3 is 14.8 Å². The Morgan fingerprint density at radius 2 is 1.82 bits per heavy atom. The lowest BCUT2D eigenvalue weighted by molar-refractivity contribution is 0.143. The molecule has 0 aliphatic heterocycles. The number of alkyl halides is 2. The van der Waals surface area contributed by atoms with Gasteiger partial charge in [0.2, 0.25) is 5.95 Å². The fraction of sp³-hybridized carbons (Fsp3) is 0.308. The van der Waals surface area contributed by atoms with Crippen LogP contribution in [0, 0.1) is 6.92 Å². The molecule has 2 rings (SSSR count). The predicted molar refractivity (Wildman–Crippen MR) is 75.2 cm³/mol. The van der Waals surface area contributed by atoms with Crippen LogP contribution in [0.1, 0.15) is 17.7 Å². The number of halogens is 2. The van der Waals surface area contributed by atoms with E-state index in [1.165, 1.54) is 14.2 Å². The minimum Gasteiger partial charge on any atom is -0.493 e. The summed E-state index contributed by atoms with van der Waals surface area (Å²) in [7, 11) is 2.99. The summed E-state index contributed by atoms with van der Waals surface area (Å²) in [6.45, 7) is 1.79. The van der Waals surface area contributed by atoms with E-state index < -0.39 is 17.7 Å². The lowest BCUT2D eigenvalue weighted by atomic mass is 10.1. The average Bonchev–Trinajstić information content (AvgIpc) is 2.48. The van der Waals surface area contributed by atoms with Crippen LogP contribution in [0.5, 0.6) is 11.5 Å². The first kappa shape index (κ1) is 15.7. The monoisotopic (exact) mass is 312 g/mol. The normalized spacial score (nSPS) is 10.6. The summed E-state index contributed by atoms with van der Waals surface area (Å²) in [5.74, 6) is 0.956. The van der Waals surface area contributed by atoms with Crippen LogP contribution in [0.15, 0.2) is 16.9 Å². The molecule has 7 nitrogen and oxygen atoms in total. The first-order valence-corrected chi connectivity index (χ1v) is 6.21. The smallest absolute Gasteiger partial charge is 0.287 e. The van der Waals surface area contributed by atoms with Crippen molar-refractivity contribution in [1.29, 1.82) is 0 Å². The number of anilines is 2. The zero-order valence-electron chi connectivity index (χ0n) is 12.1. The fourth-order valence-electron chi connectivity index (χ4n) is 1.79. The van der Waals surface area contributed by atoms with Gasteiger partial charge in [-0.15, -0.1) is 10.2 Å². The quantitative estimate of drug-likeness (QED) is 0.879. The Morgan fingerprint density at radius 1 is 1.18 bits per heavy atom. The molecule has 0 amide bonds. The van der Waals surface area contributed by atoms with Crippen LogP contribution in [-0.4, -0.2) is 29.4 Å². The van der Waals surface area contributed by atoms with Gasteiger partial charge in [0.25, 0.3) is 12.0 Å². The number of aryl methyl sites for hydroxylation is 1. The summed E-state index contributed by atoms with van der Waals surface area (Å²) >= 11 is 0. The Morgan fingerprint density at radius 3 is 2.36 bits per heavy atom. The van der Waals surface area contributed by atoms with Gasteiger partial charge in [-0.3, -0.25) is 9.78 Å². The van der Waals surface area contributed by atoms with Gasteiger partial charge in [-0.2, -0.15) is 0 Å². The van der Waals surface area contributed by atoms with Gasteiger partial charge in [0.15, 0.2) is 17.2 Å². The minimum atomic E-state index is -2.98. The molecule has 0 unspecified atom stereocenters. The molecule has 0 aliphatic rings. The molecule has 0 saturated carbocycles. The van der Waals surface area contributed by atoms with Gasteiger partial charge in [0.1, 0.15) is 0 Å². The third kappa shape index (κ3) is 3.13. The molecule has 9 heteroatoms. The van der Waals surface area contributed by atoms with Crippen LogP contribution in [-0.2, 0) is 0 Å². The second-order valence-corrected chi connectivity index (χ2v) is 4.34. The lowest BCUT2D eigenvalue weighted by Crippen LogP contribution is -2.19. The topological polar surface area (TPSA) is 89.1 Å². The van der Waals surface area contributed by atoms with Crippen molar-refractivity contribution in [1.82, 2.24) is 15.2 Å². The molecule has 22 heavy (non-hydrogen) atoms. The summed E-state index contributed by atoms with van der Waals surface area (Å²) in [5, 5.41) is 9.54. The maximum Gasteiger partial charge on any atom is 0.287 e. The Labute approximate surface area is 124 Å². The van der Waals surface area contributed by atoms with Crippen LogP contribution >= 0.6 is 0 Å². The highest BCUT2D eigenvalue weighted by Crippen LogP contribution is 2.33. The number of nitrogens with one attached hydrogen (secondary N) is 2. The van der Waals surface area contributed by atoms with Crippen LogP contribution in [0.2, 0.25) is 0 Å². The minimum absolute atomic E-state index is 0.0512. The largest absolute Gasteiger partial charge is 0.493 e. The van der Waals surface area contributed by atoms with E-state index >= 15 is 0 Å². The van der Waals surface area contributed by atoms with E-state index in [2.05, 4.69) is 20.5 Å². The van der Waals surface area contributed by atoms with Crippen molar-refractivity contribution in [2.24, 2.45) is 0 Å². The number of ether oxygens (including phenoxy) is 2. The summed E-state index contributed by atoms with van der Waals surface area (Å²) in [6.07, 6.45) is -2.98. The van der Waals surface area contributed by atoms with E-state index in [-0.39, 0.29) is 5.95 Å². The lowest BCUT2D eigenvalue weighted by Gasteiger charge is -2.13.